The number of carbonyl (C=O) groups excluding carboxylic acids is 1. The second-order valence-electron chi connectivity index (χ2n) is 7.04. The van der Waals surface area contributed by atoms with Crippen LogP contribution in [0.5, 0.6) is 0 Å². The number of rotatable bonds is 4. The maximum atomic E-state index is 14.7. The van der Waals surface area contributed by atoms with Gasteiger partial charge >= 0.3 is 5.97 Å². The van der Waals surface area contributed by atoms with Crippen molar-refractivity contribution in [2.75, 3.05) is 18.1 Å². The molecule has 0 bridgehead atoms. The molecule has 1 saturated heterocycles. The third-order valence-corrected chi connectivity index (χ3v) is 5.36. The minimum absolute atomic E-state index is 0.0387. The summed E-state index contributed by atoms with van der Waals surface area (Å²) in [6.07, 6.45) is 2.60. The van der Waals surface area contributed by atoms with Gasteiger partial charge in [0.15, 0.2) is 5.65 Å². The zero-order valence-electron chi connectivity index (χ0n) is 16.2. The maximum Gasteiger partial charge on any atom is 0.302 e. The molecule has 1 fully saturated rings. The zero-order valence-corrected chi connectivity index (χ0v) is 17.0. The molecule has 0 saturated carbocycles. The number of carbonyl (C=O) groups is 1. The fraction of sp³-hybridized carbons (Fsp3) is 0.300. The average Bonchev–Trinajstić information content (AvgIpc) is 3.32. The number of anilines is 1. The van der Waals surface area contributed by atoms with Crippen LogP contribution in [0.2, 0.25) is 5.15 Å². The molecule has 0 aliphatic carbocycles. The first kappa shape index (κ1) is 20.9. The fourth-order valence-electron chi connectivity index (χ4n) is 3.79. The van der Waals surface area contributed by atoms with E-state index in [4.69, 9.17) is 16.3 Å². The molecule has 11 heteroatoms. The van der Waals surface area contributed by atoms with Crippen LogP contribution in [0.3, 0.4) is 0 Å². The smallest absolute Gasteiger partial charge is 0.302 e. The highest BCUT2D eigenvalue weighted by Crippen LogP contribution is 2.42. The van der Waals surface area contributed by atoms with Crippen molar-refractivity contribution in [3.05, 3.63) is 46.5 Å². The van der Waals surface area contributed by atoms with Gasteiger partial charge in [-0.3, -0.25) is 4.79 Å². The Hall–Kier alpha value is -3.32. The standard InChI is InChI=1S/C20H15ClF3N5O2/c1-10(30)31-9-13-3-2-4-28(13)20-17(16-14(23)5-12(22)6-15(16)24)18(21)27-19-11(7-25)8-26-29(19)20/h5-6,8,13H,2-4,9H2,1H3/t13-/m0/s1. The summed E-state index contributed by atoms with van der Waals surface area (Å²) in [6, 6.07) is 2.71. The molecule has 4 rings (SSSR count). The topological polar surface area (TPSA) is 83.5 Å². The van der Waals surface area contributed by atoms with Crippen LogP contribution in [0.15, 0.2) is 18.3 Å². The summed E-state index contributed by atoms with van der Waals surface area (Å²) in [6.45, 7) is 1.76. The number of fused-ring (bicyclic) bond motifs is 1. The van der Waals surface area contributed by atoms with E-state index in [0.29, 0.717) is 31.5 Å². The number of nitriles is 1. The van der Waals surface area contributed by atoms with Gasteiger partial charge in [-0.05, 0) is 12.8 Å². The highest BCUT2D eigenvalue weighted by Gasteiger charge is 2.34. The van der Waals surface area contributed by atoms with E-state index in [-0.39, 0.29) is 40.4 Å². The van der Waals surface area contributed by atoms with Crippen molar-refractivity contribution in [3.8, 4) is 17.2 Å². The molecule has 0 unspecified atom stereocenters. The molecule has 31 heavy (non-hydrogen) atoms. The van der Waals surface area contributed by atoms with Crippen molar-refractivity contribution < 1.29 is 22.7 Å². The Balaban J connectivity index is 2.00. The molecule has 2 aromatic heterocycles. The Morgan fingerprint density at radius 3 is 2.68 bits per heavy atom. The first-order valence-corrected chi connectivity index (χ1v) is 9.71. The van der Waals surface area contributed by atoms with E-state index >= 15 is 0 Å². The van der Waals surface area contributed by atoms with Crippen LogP contribution < -0.4 is 4.90 Å². The van der Waals surface area contributed by atoms with Crippen LogP contribution in [0.4, 0.5) is 19.0 Å². The molecule has 1 aromatic carbocycles. The molecule has 160 valence electrons. The third kappa shape index (κ3) is 3.65. The van der Waals surface area contributed by atoms with E-state index in [1.165, 1.54) is 17.6 Å². The molecule has 0 N–H and O–H groups in total. The first-order valence-electron chi connectivity index (χ1n) is 9.34. The van der Waals surface area contributed by atoms with Gasteiger partial charge in [0.1, 0.15) is 46.7 Å². The number of aromatic nitrogens is 3. The fourth-order valence-corrected chi connectivity index (χ4v) is 4.05. The highest BCUT2D eigenvalue weighted by atomic mass is 35.5. The van der Waals surface area contributed by atoms with E-state index in [1.807, 2.05) is 6.07 Å². The summed E-state index contributed by atoms with van der Waals surface area (Å²) >= 11 is 6.37. The van der Waals surface area contributed by atoms with E-state index in [2.05, 4.69) is 10.1 Å². The van der Waals surface area contributed by atoms with Gasteiger partial charge < -0.3 is 9.64 Å². The van der Waals surface area contributed by atoms with E-state index in [0.717, 1.165) is 0 Å². The third-order valence-electron chi connectivity index (χ3n) is 5.08. The lowest BCUT2D eigenvalue weighted by Gasteiger charge is -2.29. The number of esters is 1. The summed E-state index contributed by atoms with van der Waals surface area (Å²) in [5, 5.41) is 13.3. The molecule has 1 atom stereocenters. The highest BCUT2D eigenvalue weighted by molar-refractivity contribution is 6.33. The summed E-state index contributed by atoms with van der Waals surface area (Å²) in [4.78, 5) is 17.2. The predicted molar refractivity (Wildman–Crippen MR) is 105 cm³/mol. The molecular weight excluding hydrogens is 435 g/mol. The first-order chi connectivity index (χ1) is 14.8. The normalized spacial score (nSPS) is 16.0. The van der Waals surface area contributed by atoms with Crippen LogP contribution in [-0.4, -0.2) is 39.8 Å². The molecule has 3 heterocycles. The van der Waals surface area contributed by atoms with Gasteiger partial charge in [0.25, 0.3) is 0 Å². The van der Waals surface area contributed by atoms with Gasteiger partial charge in [-0.1, -0.05) is 11.6 Å². The van der Waals surface area contributed by atoms with Crippen LogP contribution in [0, 0.1) is 28.8 Å². The van der Waals surface area contributed by atoms with Gasteiger partial charge in [0.05, 0.1) is 23.4 Å². The summed E-state index contributed by atoms with van der Waals surface area (Å²) in [5.74, 6) is -3.69. The Labute approximate surface area is 179 Å². The summed E-state index contributed by atoms with van der Waals surface area (Å²) < 4.78 is 49.4. The summed E-state index contributed by atoms with van der Waals surface area (Å²) in [7, 11) is 0. The lowest BCUT2D eigenvalue weighted by Crippen LogP contribution is -2.35. The SMILES string of the molecule is CC(=O)OC[C@@H]1CCCN1c1c(-c2c(F)cc(F)cc2F)c(Cl)nc2c(C#N)cnn12. The lowest BCUT2D eigenvalue weighted by atomic mass is 10.1. The van der Waals surface area contributed by atoms with Gasteiger partial charge in [0.2, 0.25) is 0 Å². The molecule has 0 spiro atoms. The monoisotopic (exact) mass is 449 g/mol. The Morgan fingerprint density at radius 2 is 2.03 bits per heavy atom. The minimum atomic E-state index is -1.16. The quantitative estimate of drug-likeness (QED) is 0.444. The Morgan fingerprint density at radius 1 is 1.32 bits per heavy atom. The van der Waals surface area contributed by atoms with Crippen LogP contribution in [0.1, 0.15) is 25.3 Å². The molecule has 7 nitrogen and oxygen atoms in total. The van der Waals surface area contributed by atoms with Crippen LogP contribution >= 0.6 is 11.6 Å². The molecule has 0 amide bonds. The summed E-state index contributed by atoms with van der Waals surface area (Å²) in [5.41, 5.74) is -0.479. The van der Waals surface area contributed by atoms with Crippen molar-refractivity contribution in [1.29, 1.82) is 5.26 Å². The number of hydrogen-bond donors (Lipinski definition) is 0. The number of hydrogen-bond acceptors (Lipinski definition) is 6. The van der Waals surface area contributed by atoms with E-state index in [1.54, 1.807) is 4.90 Å². The number of benzene rings is 1. The predicted octanol–water partition coefficient (Wildman–Crippen LogP) is 3.87. The lowest BCUT2D eigenvalue weighted by molar-refractivity contribution is -0.141. The maximum absolute atomic E-state index is 14.7. The van der Waals surface area contributed by atoms with Crippen molar-refractivity contribution in [2.24, 2.45) is 0 Å². The van der Waals surface area contributed by atoms with Crippen molar-refractivity contribution in [2.45, 2.75) is 25.8 Å². The van der Waals surface area contributed by atoms with Crippen molar-refractivity contribution >= 4 is 29.0 Å². The second kappa shape index (κ2) is 8.07. The van der Waals surface area contributed by atoms with Crippen molar-refractivity contribution in [3.63, 3.8) is 0 Å². The molecule has 3 aromatic rings. The van der Waals surface area contributed by atoms with Gasteiger partial charge in [-0.2, -0.15) is 14.9 Å². The van der Waals surface area contributed by atoms with Crippen LogP contribution in [0.25, 0.3) is 16.8 Å². The number of halogens is 4. The number of nitrogens with zero attached hydrogens (tertiary/aromatic N) is 5. The molecule has 0 radical (unpaired) electrons. The molecule has 1 aliphatic rings. The average molecular weight is 450 g/mol. The number of ether oxygens (including phenoxy) is 1. The second-order valence-corrected chi connectivity index (χ2v) is 7.40. The van der Waals surface area contributed by atoms with Crippen molar-refractivity contribution in [1.82, 2.24) is 14.6 Å². The van der Waals surface area contributed by atoms with Gasteiger partial charge in [-0.15, -0.1) is 0 Å². The Kier molecular flexibility index (Phi) is 5.45. The van der Waals surface area contributed by atoms with E-state index in [9.17, 15) is 23.2 Å². The van der Waals surface area contributed by atoms with Gasteiger partial charge in [-0.25, -0.2) is 18.2 Å². The van der Waals surface area contributed by atoms with Crippen LogP contribution in [-0.2, 0) is 9.53 Å². The molecule has 1 aliphatic heterocycles. The molecular formula is C20H15ClF3N5O2. The minimum Gasteiger partial charge on any atom is -0.464 e. The largest absolute Gasteiger partial charge is 0.464 e. The zero-order chi connectivity index (χ0) is 22.3. The Bertz CT molecular complexity index is 1220. The van der Waals surface area contributed by atoms with Gasteiger partial charge in [0, 0.05) is 25.6 Å². The van der Waals surface area contributed by atoms with E-state index < -0.39 is 29.0 Å².